The molecule has 0 amide bonds. The summed E-state index contributed by atoms with van der Waals surface area (Å²) >= 11 is 6.30. The van der Waals surface area contributed by atoms with Gasteiger partial charge in [0.05, 0.1) is 0 Å². The lowest BCUT2D eigenvalue weighted by Crippen LogP contribution is -1.78. The molecule has 8 heavy (non-hydrogen) atoms. The van der Waals surface area contributed by atoms with E-state index < -0.39 is 0 Å². The Morgan fingerprint density at radius 3 is 2.00 bits per heavy atom. The molecule has 1 aromatic heterocycles. The summed E-state index contributed by atoms with van der Waals surface area (Å²) in [6, 6.07) is 1.75. The Kier molecular flexibility index (Phi) is 1.96. The highest BCUT2D eigenvalue weighted by Crippen LogP contribution is 2.09. The van der Waals surface area contributed by atoms with Gasteiger partial charge in [-0.3, -0.25) is 0 Å². The van der Waals surface area contributed by atoms with E-state index in [-0.39, 0.29) is 0 Å². The van der Waals surface area contributed by atoms with Crippen molar-refractivity contribution in [3.8, 4) is 0 Å². The standard InChI is InChI=1S/C4HBr2N2/c5-3-1-4(6)8-2-7-3/h1H. The summed E-state index contributed by atoms with van der Waals surface area (Å²) in [6.45, 7) is 0. The lowest BCUT2D eigenvalue weighted by atomic mass is 10.7. The summed E-state index contributed by atoms with van der Waals surface area (Å²) in [6.07, 6.45) is 2.44. The van der Waals surface area contributed by atoms with E-state index in [2.05, 4.69) is 48.2 Å². The van der Waals surface area contributed by atoms with Gasteiger partial charge in [-0.2, -0.15) is 0 Å². The summed E-state index contributed by atoms with van der Waals surface area (Å²) < 4.78 is 1.47. The minimum Gasteiger partial charge on any atom is -0.218 e. The van der Waals surface area contributed by atoms with Gasteiger partial charge in [0.25, 0.3) is 0 Å². The van der Waals surface area contributed by atoms with Crippen molar-refractivity contribution in [2.24, 2.45) is 0 Å². The van der Waals surface area contributed by atoms with Crippen LogP contribution < -0.4 is 0 Å². The predicted octanol–water partition coefficient (Wildman–Crippen LogP) is 1.80. The van der Waals surface area contributed by atoms with Gasteiger partial charge in [-0.1, -0.05) is 0 Å². The first-order valence-electron chi connectivity index (χ1n) is 1.85. The summed E-state index contributed by atoms with van der Waals surface area (Å²) in [5, 5.41) is 0. The van der Waals surface area contributed by atoms with Crippen LogP contribution in [-0.4, -0.2) is 9.97 Å². The molecule has 0 N–H and O–H groups in total. The van der Waals surface area contributed by atoms with Gasteiger partial charge in [0.2, 0.25) is 0 Å². The maximum Gasteiger partial charge on any atom is 0.199 e. The van der Waals surface area contributed by atoms with Crippen LogP contribution in [0.15, 0.2) is 15.3 Å². The van der Waals surface area contributed by atoms with Crippen molar-refractivity contribution in [3.63, 3.8) is 0 Å². The van der Waals surface area contributed by atoms with Crippen LogP contribution >= 0.6 is 31.9 Å². The number of rotatable bonds is 0. The zero-order valence-corrected chi connectivity index (χ0v) is 6.90. The monoisotopic (exact) mass is 235 g/mol. The third-order valence-electron chi connectivity index (χ3n) is 0.552. The molecule has 0 spiro atoms. The molecule has 0 fully saturated rings. The van der Waals surface area contributed by atoms with Gasteiger partial charge in [-0.15, -0.1) is 0 Å². The first kappa shape index (κ1) is 6.16. The Bertz CT molecular complexity index is 172. The van der Waals surface area contributed by atoms with Gasteiger partial charge in [-0.05, 0) is 31.9 Å². The molecule has 0 aliphatic carbocycles. The Labute approximate surface area is 63.6 Å². The Morgan fingerprint density at radius 2 is 1.75 bits per heavy atom. The van der Waals surface area contributed by atoms with Gasteiger partial charge in [-0.25, -0.2) is 9.97 Å². The summed E-state index contributed by atoms with van der Waals surface area (Å²) in [7, 11) is 0. The van der Waals surface area contributed by atoms with Gasteiger partial charge >= 0.3 is 0 Å². The molecule has 0 unspecified atom stereocenters. The maximum atomic E-state index is 3.69. The Morgan fingerprint density at radius 1 is 1.25 bits per heavy atom. The number of hydrogen-bond donors (Lipinski definition) is 0. The molecule has 0 bridgehead atoms. The van der Waals surface area contributed by atoms with E-state index in [1.54, 1.807) is 6.07 Å². The molecular weight excluding hydrogens is 236 g/mol. The third kappa shape index (κ3) is 1.52. The highest BCUT2D eigenvalue weighted by Gasteiger charge is 1.87. The highest BCUT2D eigenvalue weighted by atomic mass is 79.9. The van der Waals surface area contributed by atoms with Crippen LogP contribution in [0.1, 0.15) is 0 Å². The van der Waals surface area contributed by atoms with E-state index in [9.17, 15) is 0 Å². The average molecular weight is 237 g/mol. The molecule has 1 radical (unpaired) electrons. The van der Waals surface area contributed by atoms with Crippen LogP contribution in [0.2, 0.25) is 0 Å². The third-order valence-corrected chi connectivity index (χ3v) is 1.36. The molecule has 0 atom stereocenters. The minimum absolute atomic E-state index is 0.736. The van der Waals surface area contributed by atoms with Crippen LogP contribution in [0.4, 0.5) is 0 Å². The van der Waals surface area contributed by atoms with Crippen molar-refractivity contribution in [1.82, 2.24) is 9.97 Å². The second-order valence-electron chi connectivity index (χ2n) is 1.11. The SMILES string of the molecule is Brc1cc(Br)n[c]n1. The minimum atomic E-state index is 0.736. The van der Waals surface area contributed by atoms with E-state index in [1.165, 1.54) is 0 Å². The Hall–Kier alpha value is 0.0400. The van der Waals surface area contributed by atoms with E-state index in [0.29, 0.717) is 0 Å². The fourth-order valence-electron chi connectivity index (χ4n) is 0.283. The molecule has 0 saturated heterocycles. The van der Waals surface area contributed by atoms with Crippen molar-refractivity contribution < 1.29 is 0 Å². The largest absolute Gasteiger partial charge is 0.218 e. The molecule has 0 aliphatic rings. The molecule has 1 rings (SSSR count). The zero-order valence-electron chi connectivity index (χ0n) is 3.73. The van der Waals surface area contributed by atoms with Crippen molar-refractivity contribution in [3.05, 3.63) is 21.6 Å². The fourth-order valence-corrected chi connectivity index (χ4v) is 1.18. The van der Waals surface area contributed by atoms with Crippen LogP contribution in [0.25, 0.3) is 0 Å². The van der Waals surface area contributed by atoms with Crippen LogP contribution in [0.5, 0.6) is 0 Å². The highest BCUT2D eigenvalue weighted by molar-refractivity contribution is 9.11. The smallest absolute Gasteiger partial charge is 0.199 e. The molecule has 1 heterocycles. The molecule has 1 aromatic rings. The summed E-state index contributed by atoms with van der Waals surface area (Å²) in [5.41, 5.74) is 0. The van der Waals surface area contributed by atoms with Gasteiger partial charge in [0.1, 0.15) is 9.21 Å². The topological polar surface area (TPSA) is 25.8 Å². The van der Waals surface area contributed by atoms with Crippen molar-refractivity contribution in [1.29, 1.82) is 0 Å². The molecule has 0 saturated carbocycles. The van der Waals surface area contributed by atoms with Crippen LogP contribution in [0.3, 0.4) is 0 Å². The van der Waals surface area contributed by atoms with E-state index >= 15 is 0 Å². The molecule has 0 aromatic carbocycles. The van der Waals surface area contributed by atoms with Crippen molar-refractivity contribution in [2.45, 2.75) is 0 Å². The van der Waals surface area contributed by atoms with Crippen LogP contribution in [0, 0.1) is 6.33 Å². The molecule has 0 aliphatic heterocycles. The first-order chi connectivity index (χ1) is 3.79. The maximum absolute atomic E-state index is 3.69. The van der Waals surface area contributed by atoms with Gasteiger partial charge < -0.3 is 0 Å². The second kappa shape index (κ2) is 2.55. The van der Waals surface area contributed by atoms with E-state index in [4.69, 9.17) is 0 Å². The van der Waals surface area contributed by atoms with E-state index in [0.717, 1.165) is 9.21 Å². The number of aromatic nitrogens is 2. The fraction of sp³-hybridized carbons (Fsp3) is 0. The number of nitrogens with zero attached hydrogens (tertiary/aromatic N) is 2. The van der Waals surface area contributed by atoms with E-state index in [1.807, 2.05) is 0 Å². The molecule has 41 valence electrons. The zero-order chi connectivity index (χ0) is 5.98. The lowest BCUT2D eigenvalue weighted by molar-refractivity contribution is 1.10. The predicted molar refractivity (Wildman–Crippen MR) is 36.3 cm³/mol. The van der Waals surface area contributed by atoms with Gasteiger partial charge in [0, 0.05) is 6.07 Å². The number of halogens is 2. The van der Waals surface area contributed by atoms with Gasteiger partial charge in [0.15, 0.2) is 6.33 Å². The Balaban J connectivity index is 3.08. The molecule has 4 heteroatoms. The van der Waals surface area contributed by atoms with Crippen molar-refractivity contribution in [2.75, 3.05) is 0 Å². The molecule has 2 nitrogen and oxygen atoms in total. The van der Waals surface area contributed by atoms with Crippen LogP contribution in [-0.2, 0) is 0 Å². The summed E-state index contributed by atoms with van der Waals surface area (Å²) in [5.74, 6) is 0. The normalized spacial score (nSPS) is 9.25. The lowest BCUT2D eigenvalue weighted by Gasteiger charge is -1.84. The quantitative estimate of drug-likeness (QED) is 0.643. The number of hydrogen-bond acceptors (Lipinski definition) is 2. The summed E-state index contributed by atoms with van der Waals surface area (Å²) in [4.78, 5) is 7.38. The first-order valence-corrected chi connectivity index (χ1v) is 3.44. The second-order valence-corrected chi connectivity index (χ2v) is 2.74. The van der Waals surface area contributed by atoms with Crippen molar-refractivity contribution >= 4 is 31.9 Å². The average Bonchev–Trinajstić information content (AvgIpc) is 1.64. The molecular formula is C4HBr2N2.